The van der Waals surface area contributed by atoms with Gasteiger partial charge in [-0.3, -0.25) is 9.69 Å². The highest BCUT2D eigenvalue weighted by Gasteiger charge is 2.33. The highest BCUT2D eigenvalue weighted by molar-refractivity contribution is 7.91. The number of likely N-dealkylation sites (N-methyl/N-ethyl adjacent to an activating group) is 1. The van der Waals surface area contributed by atoms with E-state index in [9.17, 15) is 18.3 Å². The molecule has 3 atom stereocenters. The number of carbonyl (C=O) groups excluding carboxylic acids is 1. The van der Waals surface area contributed by atoms with Crippen LogP contribution >= 0.6 is 0 Å². The normalized spacial score (nSPS) is 34.0. The second-order valence-electron chi connectivity index (χ2n) is 6.13. The molecule has 0 aromatic rings. The highest BCUT2D eigenvalue weighted by atomic mass is 32.2. The van der Waals surface area contributed by atoms with Crippen LogP contribution in [0.5, 0.6) is 0 Å². The zero-order chi connectivity index (χ0) is 14.9. The topological polar surface area (TPSA) is 77.9 Å². The van der Waals surface area contributed by atoms with Crippen LogP contribution in [0.25, 0.3) is 0 Å². The number of piperidine rings is 1. The van der Waals surface area contributed by atoms with Crippen LogP contribution in [0.1, 0.15) is 19.8 Å². The van der Waals surface area contributed by atoms with Crippen molar-refractivity contribution in [3.8, 4) is 0 Å². The lowest BCUT2D eigenvalue weighted by Crippen LogP contribution is -2.48. The van der Waals surface area contributed by atoms with Crippen molar-refractivity contribution in [2.24, 2.45) is 5.92 Å². The Labute approximate surface area is 120 Å². The summed E-state index contributed by atoms with van der Waals surface area (Å²) in [4.78, 5) is 15.8. The molecule has 7 heteroatoms. The van der Waals surface area contributed by atoms with Crippen molar-refractivity contribution in [1.29, 1.82) is 0 Å². The third-order valence-corrected chi connectivity index (χ3v) is 6.20. The maximum Gasteiger partial charge on any atom is 0.236 e. The summed E-state index contributed by atoms with van der Waals surface area (Å²) in [5.41, 5.74) is 0. The highest BCUT2D eigenvalue weighted by Crippen LogP contribution is 2.19. The molecule has 2 rings (SSSR count). The van der Waals surface area contributed by atoms with Gasteiger partial charge in [0.2, 0.25) is 5.91 Å². The molecule has 1 amide bonds. The first-order valence-electron chi connectivity index (χ1n) is 7.15. The molecule has 2 saturated heterocycles. The van der Waals surface area contributed by atoms with Crippen LogP contribution in [0.4, 0.5) is 0 Å². The minimum atomic E-state index is -2.96. The van der Waals surface area contributed by atoms with Gasteiger partial charge in [-0.1, -0.05) is 6.92 Å². The largest absolute Gasteiger partial charge is 0.393 e. The SMILES string of the molecule is CC1CN(CC(=O)N(C)C2CCS(=O)(=O)C2)CCC1O. The Morgan fingerprint density at radius 3 is 2.65 bits per heavy atom. The van der Waals surface area contributed by atoms with Gasteiger partial charge in [0, 0.05) is 26.2 Å². The molecule has 1 N–H and O–H groups in total. The minimum absolute atomic E-state index is 0.0318. The summed E-state index contributed by atoms with van der Waals surface area (Å²) in [5, 5.41) is 9.68. The van der Waals surface area contributed by atoms with Crippen molar-refractivity contribution < 1.29 is 18.3 Å². The molecule has 2 heterocycles. The number of aliphatic hydroxyl groups is 1. The monoisotopic (exact) mass is 304 g/mol. The molecule has 0 aromatic carbocycles. The van der Waals surface area contributed by atoms with Crippen molar-refractivity contribution in [2.75, 3.05) is 38.2 Å². The molecule has 2 aliphatic rings. The Morgan fingerprint density at radius 1 is 1.40 bits per heavy atom. The third-order valence-electron chi connectivity index (χ3n) is 4.45. The molecular weight excluding hydrogens is 280 g/mol. The Hall–Kier alpha value is -0.660. The lowest BCUT2D eigenvalue weighted by Gasteiger charge is -2.35. The molecule has 0 bridgehead atoms. The molecule has 6 nitrogen and oxygen atoms in total. The van der Waals surface area contributed by atoms with E-state index in [2.05, 4.69) is 0 Å². The van der Waals surface area contributed by atoms with E-state index >= 15 is 0 Å². The van der Waals surface area contributed by atoms with Gasteiger partial charge in [-0.05, 0) is 18.8 Å². The van der Waals surface area contributed by atoms with Gasteiger partial charge >= 0.3 is 0 Å². The van der Waals surface area contributed by atoms with E-state index in [4.69, 9.17) is 0 Å². The quantitative estimate of drug-likeness (QED) is 0.748. The summed E-state index contributed by atoms with van der Waals surface area (Å²) < 4.78 is 22.9. The fraction of sp³-hybridized carbons (Fsp3) is 0.923. The van der Waals surface area contributed by atoms with Gasteiger partial charge < -0.3 is 10.0 Å². The Bertz CT molecular complexity index is 465. The lowest BCUT2D eigenvalue weighted by molar-refractivity contribution is -0.133. The molecule has 0 aliphatic carbocycles. The molecule has 0 aromatic heterocycles. The zero-order valence-electron chi connectivity index (χ0n) is 12.2. The molecule has 20 heavy (non-hydrogen) atoms. The van der Waals surface area contributed by atoms with Crippen molar-refractivity contribution in [2.45, 2.75) is 31.9 Å². The van der Waals surface area contributed by atoms with E-state index in [-0.39, 0.29) is 35.5 Å². The fourth-order valence-corrected chi connectivity index (χ4v) is 4.72. The van der Waals surface area contributed by atoms with Crippen molar-refractivity contribution in [3.63, 3.8) is 0 Å². The molecule has 116 valence electrons. The van der Waals surface area contributed by atoms with Gasteiger partial charge in [0.25, 0.3) is 0 Å². The number of amides is 1. The summed E-state index contributed by atoms with van der Waals surface area (Å²) in [7, 11) is -1.27. The number of carbonyl (C=O) groups is 1. The number of hydrogen-bond acceptors (Lipinski definition) is 5. The number of likely N-dealkylation sites (tertiary alicyclic amines) is 1. The molecular formula is C13H24N2O4S. The van der Waals surface area contributed by atoms with E-state index in [1.165, 1.54) is 0 Å². The first-order chi connectivity index (χ1) is 9.28. The first-order valence-corrected chi connectivity index (χ1v) is 8.97. The number of hydrogen-bond donors (Lipinski definition) is 1. The second kappa shape index (κ2) is 5.99. The number of aliphatic hydroxyl groups excluding tert-OH is 1. The van der Waals surface area contributed by atoms with E-state index < -0.39 is 9.84 Å². The van der Waals surface area contributed by atoms with Crippen LogP contribution in [0.2, 0.25) is 0 Å². The standard InChI is InChI=1S/C13H24N2O4S/c1-10-7-15(5-3-12(10)16)8-13(17)14(2)11-4-6-20(18,19)9-11/h10-12,16H,3-9H2,1-2H3. The van der Waals surface area contributed by atoms with Crippen LogP contribution in [0.15, 0.2) is 0 Å². The Kier molecular flexibility index (Phi) is 4.71. The molecule has 0 radical (unpaired) electrons. The van der Waals surface area contributed by atoms with Gasteiger partial charge in [-0.2, -0.15) is 0 Å². The van der Waals surface area contributed by atoms with E-state index in [1.54, 1.807) is 11.9 Å². The fourth-order valence-electron chi connectivity index (χ4n) is 2.95. The van der Waals surface area contributed by atoms with Gasteiger partial charge in [0.05, 0.1) is 24.2 Å². The minimum Gasteiger partial charge on any atom is -0.393 e. The molecule has 0 saturated carbocycles. The lowest BCUT2D eigenvalue weighted by atomic mass is 9.97. The van der Waals surface area contributed by atoms with Gasteiger partial charge in [0.15, 0.2) is 9.84 Å². The van der Waals surface area contributed by atoms with Gasteiger partial charge in [-0.15, -0.1) is 0 Å². The number of nitrogens with zero attached hydrogens (tertiary/aromatic N) is 2. The average Bonchev–Trinajstić information content (AvgIpc) is 2.73. The van der Waals surface area contributed by atoms with Crippen LogP contribution in [-0.2, 0) is 14.6 Å². The summed E-state index contributed by atoms with van der Waals surface area (Å²) >= 11 is 0. The maximum atomic E-state index is 12.2. The van der Waals surface area contributed by atoms with Crippen LogP contribution in [0, 0.1) is 5.92 Å². The molecule has 0 spiro atoms. The molecule has 2 aliphatic heterocycles. The van der Waals surface area contributed by atoms with Crippen LogP contribution in [-0.4, -0.2) is 79.6 Å². The number of sulfone groups is 1. The van der Waals surface area contributed by atoms with E-state index in [0.717, 1.165) is 0 Å². The van der Waals surface area contributed by atoms with Crippen molar-refractivity contribution in [3.05, 3.63) is 0 Å². The summed E-state index contributed by atoms with van der Waals surface area (Å²) in [6, 6.07) is -0.180. The Balaban J connectivity index is 1.86. The Morgan fingerprint density at radius 2 is 2.10 bits per heavy atom. The van der Waals surface area contributed by atoms with Crippen LogP contribution in [0.3, 0.4) is 0 Å². The van der Waals surface area contributed by atoms with Crippen molar-refractivity contribution in [1.82, 2.24) is 9.80 Å². The smallest absolute Gasteiger partial charge is 0.236 e. The zero-order valence-corrected chi connectivity index (χ0v) is 13.0. The van der Waals surface area contributed by atoms with E-state index in [0.29, 0.717) is 32.5 Å². The molecule has 3 unspecified atom stereocenters. The summed E-state index contributed by atoms with van der Waals surface area (Å²) in [5.74, 6) is 0.413. The van der Waals surface area contributed by atoms with E-state index in [1.807, 2.05) is 11.8 Å². The first kappa shape index (κ1) is 15.7. The van der Waals surface area contributed by atoms with Gasteiger partial charge in [0.1, 0.15) is 0 Å². The maximum absolute atomic E-state index is 12.2. The predicted molar refractivity (Wildman–Crippen MR) is 76.1 cm³/mol. The number of rotatable bonds is 3. The van der Waals surface area contributed by atoms with Gasteiger partial charge in [-0.25, -0.2) is 8.42 Å². The molecule has 2 fully saturated rings. The third kappa shape index (κ3) is 3.71. The summed E-state index contributed by atoms with van der Waals surface area (Å²) in [6.07, 6.45) is 0.953. The predicted octanol–water partition coefficient (Wildman–Crippen LogP) is -0.665. The van der Waals surface area contributed by atoms with Crippen molar-refractivity contribution >= 4 is 15.7 Å². The second-order valence-corrected chi connectivity index (χ2v) is 8.36. The summed E-state index contributed by atoms with van der Waals surface area (Å²) in [6.45, 7) is 3.72. The average molecular weight is 304 g/mol. The van der Waals surface area contributed by atoms with Crippen LogP contribution < -0.4 is 0 Å².